The van der Waals surface area contributed by atoms with Crippen LogP contribution in [0.3, 0.4) is 0 Å². The third-order valence-corrected chi connectivity index (χ3v) is 10.4. The maximum Gasteiger partial charge on any atom is 0.0958 e. The van der Waals surface area contributed by atoms with Crippen LogP contribution in [0.4, 0.5) is 0 Å². The summed E-state index contributed by atoms with van der Waals surface area (Å²) in [5.74, 6) is 0.345. The number of allylic oxidation sites excluding steroid dienone is 3. The predicted octanol–water partition coefficient (Wildman–Crippen LogP) is 3.73. The van der Waals surface area contributed by atoms with Gasteiger partial charge in [-0.2, -0.15) is 10.2 Å². The molecule has 184 valence electrons. The van der Waals surface area contributed by atoms with Crippen molar-refractivity contribution in [1.29, 1.82) is 0 Å². The summed E-state index contributed by atoms with van der Waals surface area (Å²) in [6.45, 7) is 2.42. The molecule has 2 spiro atoms. The highest BCUT2D eigenvalue weighted by Gasteiger charge is 2.69. The Morgan fingerprint density at radius 1 is 1.09 bits per heavy atom. The molecule has 1 aromatic carbocycles. The standard InChI is InChI=1S/C29H35N3O3/c1-27-10-8-19-15-21-25(33)26(34)23(32(2)3)16-28(21)11-12-29(19,35-28)24(27)7-6-20(27)18-5-4-17-9-13-30-31-22(17)14-18/h4-6,8-9,13-14,21,23-26,33-34H,7,10-12,15-16H2,1-3H3. The van der Waals surface area contributed by atoms with Crippen LogP contribution in [0.25, 0.3) is 16.5 Å². The average molecular weight is 474 g/mol. The van der Waals surface area contributed by atoms with Crippen LogP contribution in [-0.2, 0) is 4.74 Å². The van der Waals surface area contributed by atoms with Gasteiger partial charge in [-0.05, 0) is 81.5 Å². The van der Waals surface area contributed by atoms with Crippen LogP contribution >= 0.6 is 0 Å². The summed E-state index contributed by atoms with van der Waals surface area (Å²) >= 11 is 0. The van der Waals surface area contributed by atoms with Crippen molar-refractivity contribution in [3.63, 3.8) is 0 Å². The summed E-state index contributed by atoms with van der Waals surface area (Å²) in [6.07, 6.45) is 10.7. The summed E-state index contributed by atoms with van der Waals surface area (Å²) < 4.78 is 7.29. The number of nitrogens with zero attached hydrogens (tertiary/aromatic N) is 3. The first-order valence-corrected chi connectivity index (χ1v) is 13.1. The van der Waals surface area contributed by atoms with Crippen LogP contribution in [0.1, 0.15) is 51.0 Å². The van der Waals surface area contributed by atoms with E-state index in [0.29, 0.717) is 5.92 Å². The molecule has 2 aliphatic heterocycles. The second-order valence-corrected chi connectivity index (χ2v) is 12.1. The number of hydrogen-bond acceptors (Lipinski definition) is 6. The first kappa shape index (κ1) is 22.1. The molecule has 6 nitrogen and oxygen atoms in total. The fourth-order valence-electron chi connectivity index (χ4n) is 8.63. The number of fused-ring (bicyclic) bond motifs is 2. The van der Waals surface area contributed by atoms with Gasteiger partial charge in [-0.3, -0.25) is 0 Å². The molecule has 5 aliphatic rings. The Hall–Kier alpha value is -2.12. The minimum atomic E-state index is -0.752. The quantitative estimate of drug-likeness (QED) is 0.647. The summed E-state index contributed by atoms with van der Waals surface area (Å²) in [6, 6.07) is 8.49. The Bertz CT molecular complexity index is 1270. The topological polar surface area (TPSA) is 78.7 Å². The van der Waals surface area contributed by atoms with E-state index in [-0.39, 0.29) is 28.6 Å². The van der Waals surface area contributed by atoms with Crippen molar-refractivity contribution < 1.29 is 14.9 Å². The van der Waals surface area contributed by atoms with E-state index >= 15 is 0 Å². The number of ether oxygens (including phenoxy) is 1. The van der Waals surface area contributed by atoms with Crippen molar-refractivity contribution in [2.45, 2.75) is 74.9 Å². The lowest BCUT2D eigenvalue weighted by molar-refractivity contribution is -0.237. The summed E-state index contributed by atoms with van der Waals surface area (Å²) in [4.78, 5) is 2.06. The van der Waals surface area contributed by atoms with Gasteiger partial charge in [-0.15, -0.1) is 0 Å². The second-order valence-electron chi connectivity index (χ2n) is 12.1. The monoisotopic (exact) mass is 473 g/mol. The SMILES string of the molecule is CN(C)C1CC23CCC4(O2)C(=CCC2(C)C(c5ccc6ccnnc6c5)=CCC24)CC3C(O)C1O. The molecule has 0 amide bonds. The molecule has 2 N–H and O–H groups in total. The summed E-state index contributed by atoms with van der Waals surface area (Å²) in [5.41, 5.74) is 4.31. The zero-order valence-electron chi connectivity index (χ0n) is 20.8. The Morgan fingerprint density at radius 2 is 1.94 bits per heavy atom. The molecule has 7 rings (SSSR count). The number of rotatable bonds is 2. The fraction of sp³-hybridized carbons (Fsp3) is 0.586. The summed E-state index contributed by atoms with van der Waals surface area (Å²) in [5, 5.41) is 31.7. The smallest absolute Gasteiger partial charge is 0.0958 e. The average Bonchev–Trinajstić information content (AvgIpc) is 3.37. The van der Waals surface area contributed by atoms with Crippen molar-refractivity contribution in [2.24, 2.45) is 17.3 Å². The van der Waals surface area contributed by atoms with Gasteiger partial charge in [0.25, 0.3) is 0 Å². The molecule has 3 heterocycles. The number of benzene rings is 1. The van der Waals surface area contributed by atoms with E-state index in [0.717, 1.165) is 49.4 Å². The van der Waals surface area contributed by atoms with Crippen molar-refractivity contribution in [2.75, 3.05) is 14.1 Å². The van der Waals surface area contributed by atoms with Gasteiger partial charge < -0.3 is 19.8 Å². The van der Waals surface area contributed by atoms with Crippen molar-refractivity contribution in [1.82, 2.24) is 15.1 Å². The summed E-state index contributed by atoms with van der Waals surface area (Å²) in [7, 11) is 3.99. The van der Waals surface area contributed by atoms with Crippen LogP contribution in [-0.4, -0.2) is 68.9 Å². The Kier molecular flexibility index (Phi) is 4.56. The van der Waals surface area contributed by atoms with E-state index < -0.39 is 12.2 Å². The molecular formula is C29H35N3O3. The maximum absolute atomic E-state index is 11.2. The van der Waals surface area contributed by atoms with Crippen LogP contribution in [0.15, 0.2) is 48.2 Å². The van der Waals surface area contributed by atoms with E-state index in [1.165, 1.54) is 16.7 Å². The normalized spacial score (nSPS) is 44.0. The van der Waals surface area contributed by atoms with Gasteiger partial charge in [0.05, 0.1) is 35.1 Å². The number of hydrogen-bond donors (Lipinski definition) is 2. The lowest BCUT2D eigenvalue weighted by Crippen LogP contribution is -2.66. The Labute approximate surface area is 206 Å². The highest BCUT2D eigenvalue weighted by molar-refractivity contribution is 5.84. The number of likely N-dealkylation sites (N-methyl/N-ethyl adjacent to an activating group) is 1. The van der Waals surface area contributed by atoms with Crippen LogP contribution in [0.2, 0.25) is 0 Å². The molecule has 1 saturated carbocycles. The van der Waals surface area contributed by atoms with E-state index in [1.807, 2.05) is 20.2 Å². The predicted molar refractivity (Wildman–Crippen MR) is 134 cm³/mol. The lowest BCUT2D eigenvalue weighted by atomic mass is 9.57. The number of aromatic nitrogens is 2. The zero-order chi connectivity index (χ0) is 24.2. The van der Waals surface area contributed by atoms with E-state index in [2.05, 4.69) is 52.4 Å². The van der Waals surface area contributed by atoms with Gasteiger partial charge >= 0.3 is 0 Å². The molecular weight excluding hydrogens is 438 g/mol. The van der Waals surface area contributed by atoms with Gasteiger partial charge in [0.2, 0.25) is 0 Å². The van der Waals surface area contributed by atoms with Crippen molar-refractivity contribution in [3.05, 3.63) is 53.8 Å². The molecule has 8 atom stereocenters. The van der Waals surface area contributed by atoms with Gasteiger partial charge in [-0.25, -0.2) is 0 Å². The van der Waals surface area contributed by atoms with Crippen LogP contribution < -0.4 is 0 Å². The molecule has 3 aliphatic carbocycles. The molecule has 8 unspecified atom stereocenters. The largest absolute Gasteiger partial charge is 0.390 e. The van der Waals surface area contributed by atoms with Crippen molar-refractivity contribution in [3.8, 4) is 0 Å². The number of aliphatic hydroxyl groups is 2. The minimum absolute atomic E-state index is 0.00843. The van der Waals surface area contributed by atoms with Crippen LogP contribution in [0.5, 0.6) is 0 Å². The van der Waals surface area contributed by atoms with Crippen LogP contribution in [0, 0.1) is 17.3 Å². The second kappa shape index (κ2) is 7.22. The lowest BCUT2D eigenvalue weighted by Gasteiger charge is -2.59. The zero-order valence-corrected chi connectivity index (χ0v) is 20.8. The third kappa shape index (κ3) is 2.80. The molecule has 0 radical (unpaired) electrons. The van der Waals surface area contributed by atoms with Gasteiger partial charge in [0.15, 0.2) is 0 Å². The van der Waals surface area contributed by atoms with Gasteiger partial charge in [0, 0.05) is 28.7 Å². The van der Waals surface area contributed by atoms with E-state index in [9.17, 15) is 10.2 Å². The molecule has 2 bridgehead atoms. The maximum atomic E-state index is 11.2. The Morgan fingerprint density at radius 3 is 2.77 bits per heavy atom. The molecule has 6 heteroatoms. The molecule has 3 fully saturated rings. The van der Waals surface area contributed by atoms with Crippen molar-refractivity contribution >= 4 is 16.5 Å². The highest BCUT2D eigenvalue weighted by atomic mass is 16.5. The fourth-order valence-corrected chi connectivity index (χ4v) is 8.63. The first-order chi connectivity index (χ1) is 16.8. The highest BCUT2D eigenvalue weighted by Crippen LogP contribution is 2.69. The van der Waals surface area contributed by atoms with E-state index in [1.54, 1.807) is 6.20 Å². The molecule has 1 aromatic heterocycles. The van der Waals surface area contributed by atoms with Gasteiger partial charge in [-0.1, -0.05) is 31.2 Å². The Balaban J connectivity index is 1.27. The minimum Gasteiger partial charge on any atom is -0.390 e. The number of aliphatic hydroxyl groups excluding tert-OH is 2. The molecule has 2 aromatic rings. The first-order valence-electron chi connectivity index (χ1n) is 13.1. The molecule has 35 heavy (non-hydrogen) atoms. The third-order valence-electron chi connectivity index (χ3n) is 10.4. The van der Waals surface area contributed by atoms with E-state index in [4.69, 9.17) is 4.74 Å². The molecule has 2 saturated heterocycles. The van der Waals surface area contributed by atoms with Gasteiger partial charge in [0.1, 0.15) is 0 Å².